The average Bonchev–Trinajstić information content (AvgIpc) is 2.89. The Bertz CT molecular complexity index is 1270. The van der Waals surface area contributed by atoms with Crippen LogP contribution in [0.5, 0.6) is 0 Å². The maximum atomic E-state index is 14.1. The summed E-state index contributed by atoms with van der Waals surface area (Å²) < 4.78 is 1.96. The minimum atomic E-state index is -0.943. The van der Waals surface area contributed by atoms with Gasteiger partial charge in [-0.2, -0.15) is 0 Å². The predicted octanol–water partition coefficient (Wildman–Crippen LogP) is 5.38. The van der Waals surface area contributed by atoms with E-state index in [2.05, 4.69) is 22.0 Å². The number of hydrogen-bond acceptors (Lipinski definition) is 6. The first-order valence-electron chi connectivity index (χ1n) is 15.0. The first-order chi connectivity index (χ1) is 18.9. The molecule has 4 unspecified atom stereocenters. The number of para-hydroxylation sites is 2. The molecule has 8 nitrogen and oxygen atoms in total. The fraction of sp³-hybridized carbons (Fsp3) is 0.677. The summed E-state index contributed by atoms with van der Waals surface area (Å²) in [5, 5.41) is 13.3. The van der Waals surface area contributed by atoms with Crippen LogP contribution in [0.1, 0.15) is 95.7 Å². The number of carbonyl (C=O) groups is 1. The topological polar surface area (TPSA) is 97.0 Å². The zero-order chi connectivity index (χ0) is 27.1. The van der Waals surface area contributed by atoms with Gasteiger partial charge in [0, 0.05) is 30.6 Å². The summed E-state index contributed by atoms with van der Waals surface area (Å²) in [4.78, 5) is 38.0. The molecule has 0 radical (unpaired) electrons. The zero-order valence-corrected chi connectivity index (χ0v) is 23.3. The molecule has 39 heavy (non-hydrogen) atoms. The van der Waals surface area contributed by atoms with Gasteiger partial charge in [-0.15, -0.1) is 0 Å². The molecular formula is C31H42N4O4. The molecule has 4 fully saturated rings. The molecule has 2 aliphatic heterocycles. The second-order valence-electron chi connectivity index (χ2n) is 12.7. The summed E-state index contributed by atoms with van der Waals surface area (Å²) in [5.41, 5.74) is 1.89. The van der Waals surface area contributed by atoms with Crippen molar-refractivity contribution in [1.29, 1.82) is 0 Å². The van der Waals surface area contributed by atoms with E-state index in [4.69, 9.17) is 4.84 Å². The predicted molar refractivity (Wildman–Crippen MR) is 151 cm³/mol. The van der Waals surface area contributed by atoms with Gasteiger partial charge in [0.1, 0.15) is 12.8 Å². The number of benzene rings is 1. The normalized spacial score (nSPS) is 33.2. The van der Waals surface area contributed by atoms with E-state index in [1.165, 1.54) is 58.5 Å². The molecular weight excluding hydrogens is 492 g/mol. The van der Waals surface area contributed by atoms with Crippen LogP contribution in [-0.2, 0) is 9.63 Å². The number of hydrogen-bond donors (Lipinski definition) is 1. The lowest BCUT2D eigenvalue weighted by molar-refractivity contribution is -0.136. The fourth-order valence-electron chi connectivity index (χ4n) is 8.84. The van der Waals surface area contributed by atoms with Crippen LogP contribution < -0.4 is 5.56 Å². The van der Waals surface area contributed by atoms with Crippen LogP contribution in [0.15, 0.2) is 34.2 Å². The van der Waals surface area contributed by atoms with Crippen molar-refractivity contribution in [3.63, 3.8) is 0 Å². The molecule has 8 heteroatoms. The van der Waals surface area contributed by atoms with Crippen molar-refractivity contribution in [3.8, 4) is 0 Å². The Labute approximate surface area is 230 Å². The largest absolute Gasteiger partial charge is 0.481 e. The lowest BCUT2D eigenvalue weighted by atomic mass is 9.65. The smallest absolute Gasteiger partial charge is 0.303 e. The molecule has 4 aliphatic rings. The molecule has 2 aromatic rings. The molecule has 6 rings (SSSR count). The maximum Gasteiger partial charge on any atom is 0.303 e. The maximum absolute atomic E-state index is 14.1. The van der Waals surface area contributed by atoms with Crippen molar-refractivity contribution < 1.29 is 14.7 Å². The van der Waals surface area contributed by atoms with Crippen LogP contribution in [0, 0.1) is 17.8 Å². The van der Waals surface area contributed by atoms with Gasteiger partial charge in [-0.1, -0.05) is 30.6 Å². The van der Waals surface area contributed by atoms with Crippen LogP contribution in [0.2, 0.25) is 0 Å². The van der Waals surface area contributed by atoms with Gasteiger partial charge in [0.15, 0.2) is 5.69 Å². The Morgan fingerprint density at radius 2 is 1.67 bits per heavy atom. The monoisotopic (exact) mass is 534 g/mol. The molecule has 2 aliphatic carbocycles. The lowest BCUT2D eigenvalue weighted by Crippen LogP contribution is -2.59. The third-order valence-electron chi connectivity index (χ3n) is 9.99. The highest BCUT2D eigenvalue weighted by molar-refractivity contribution is 6.00. The van der Waals surface area contributed by atoms with E-state index in [0.29, 0.717) is 23.8 Å². The van der Waals surface area contributed by atoms with Gasteiger partial charge in [0.05, 0.1) is 17.5 Å². The summed E-state index contributed by atoms with van der Waals surface area (Å²) in [6.45, 7) is 2.44. The van der Waals surface area contributed by atoms with Crippen molar-refractivity contribution in [1.82, 2.24) is 14.5 Å². The molecule has 210 valence electrons. The third-order valence-corrected chi connectivity index (χ3v) is 9.99. The van der Waals surface area contributed by atoms with Crippen molar-refractivity contribution >= 4 is 22.7 Å². The molecule has 2 saturated carbocycles. The number of nitrogens with zero attached hydrogens (tertiary/aromatic N) is 4. The van der Waals surface area contributed by atoms with Crippen molar-refractivity contribution in [2.75, 3.05) is 7.11 Å². The lowest BCUT2D eigenvalue weighted by Gasteiger charge is -2.55. The van der Waals surface area contributed by atoms with Crippen molar-refractivity contribution in [3.05, 3.63) is 40.3 Å². The molecule has 1 aromatic carbocycles. The highest BCUT2D eigenvalue weighted by Gasteiger charge is 2.46. The summed E-state index contributed by atoms with van der Waals surface area (Å²) in [5.74, 6) is 1.70. The van der Waals surface area contributed by atoms with E-state index in [9.17, 15) is 14.7 Å². The van der Waals surface area contributed by atoms with Crippen LogP contribution >= 0.6 is 0 Å². The van der Waals surface area contributed by atoms with E-state index >= 15 is 0 Å². The molecule has 1 N–H and O–H groups in total. The Morgan fingerprint density at radius 1 is 0.974 bits per heavy atom. The minimum absolute atomic E-state index is 0.0853. The molecule has 4 atom stereocenters. The van der Waals surface area contributed by atoms with Crippen molar-refractivity contribution in [2.45, 2.75) is 108 Å². The average molecular weight is 535 g/mol. The Kier molecular flexibility index (Phi) is 7.49. The van der Waals surface area contributed by atoms with E-state index < -0.39 is 5.97 Å². The van der Waals surface area contributed by atoms with Gasteiger partial charge in [0.25, 0.3) is 5.56 Å². The van der Waals surface area contributed by atoms with Gasteiger partial charge in [-0.05, 0) is 87.7 Å². The molecule has 0 amide bonds. The number of carboxylic acid groups (broad SMARTS) is 1. The van der Waals surface area contributed by atoms with Gasteiger partial charge in [-0.3, -0.25) is 14.5 Å². The van der Waals surface area contributed by atoms with Gasteiger partial charge >= 0.3 is 5.97 Å². The van der Waals surface area contributed by atoms with Crippen LogP contribution in [0.4, 0.5) is 0 Å². The number of aliphatic carboxylic acids is 1. The second-order valence-corrected chi connectivity index (χ2v) is 12.7. The number of piperidine rings is 2. The first-order valence-corrected chi connectivity index (χ1v) is 15.0. The molecule has 1 aromatic heterocycles. The molecule has 0 spiro atoms. The van der Waals surface area contributed by atoms with Crippen LogP contribution in [0.3, 0.4) is 0 Å². The highest BCUT2D eigenvalue weighted by atomic mass is 16.6. The van der Waals surface area contributed by atoms with Crippen molar-refractivity contribution in [2.24, 2.45) is 22.9 Å². The van der Waals surface area contributed by atoms with E-state index in [1.807, 2.05) is 28.8 Å². The third kappa shape index (κ3) is 5.24. The van der Waals surface area contributed by atoms with Gasteiger partial charge in [-0.25, -0.2) is 4.98 Å². The Balaban J connectivity index is 1.33. The summed E-state index contributed by atoms with van der Waals surface area (Å²) in [6.07, 6.45) is 12.5. The highest BCUT2D eigenvalue weighted by Crippen LogP contribution is 2.48. The van der Waals surface area contributed by atoms with Crippen LogP contribution in [0.25, 0.3) is 11.0 Å². The van der Waals surface area contributed by atoms with E-state index in [0.717, 1.165) is 41.6 Å². The number of carboxylic acids is 1. The quantitative estimate of drug-likeness (QED) is 0.378. The van der Waals surface area contributed by atoms with E-state index in [1.54, 1.807) is 0 Å². The Hall–Kier alpha value is -2.74. The molecule has 3 heterocycles. The number of aromatic nitrogens is 2. The van der Waals surface area contributed by atoms with Gasteiger partial charge < -0.3 is 14.5 Å². The summed E-state index contributed by atoms with van der Waals surface area (Å²) in [6, 6.07) is 9.59. The standard InChI is InChI=1S/C31H42N4O4/c1-19-12-20-14-21(13-19)16-24(15-20)34-22-6-5-7-23(34)18-25(17-22)35-28-9-4-3-8-26(28)32-30(31(35)38)27(33-39-2)10-11-29(36)37/h3-4,8-9,19-25H,5-7,10-18H2,1-2H3,(H,36,37). The molecule has 2 saturated heterocycles. The second kappa shape index (κ2) is 11.0. The van der Waals surface area contributed by atoms with E-state index in [-0.39, 0.29) is 30.1 Å². The number of oxime groups is 1. The first kappa shape index (κ1) is 26.5. The summed E-state index contributed by atoms with van der Waals surface area (Å²) in [7, 11) is 1.41. The fourth-order valence-corrected chi connectivity index (χ4v) is 8.84. The zero-order valence-electron chi connectivity index (χ0n) is 23.3. The van der Waals surface area contributed by atoms with Crippen LogP contribution in [-0.4, -0.2) is 56.5 Å². The SMILES string of the molecule is CON=C(CCC(=O)O)c1nc2ccccc2n(C2CC3CCCC(C2)N3C2CC3CC(C)CC(C3)C2)c1=O. The Morgan fingerprint density at radius 3 is 2.33 bits per heavy atom. The number of fused-ring (bicyclic) bond motifs is 5. The van der Waals surface area contributed by atoms with Gasteiger partial charge in [0.2, 0.25) is 0 Å². The summed E-state index contributed by atoms with van der Waals surface area (Å²) >= 11 is 0. The minimum Gasteiger partial charge on any atom is -0.481 e. The number of rotatable bonds is 7. The molecule has 4 bridgehead atoms.